The molecule has 1 aromatic heterocycles. The van der Waals surface area contributed by atoms with Crippen molar-refractivity contribution in [2.45, 2.75) is 0 Å². The van der Waals surface area contributed by atoms with Gasteiger partial charge in [0.05, 0.1) is 5.56 Å². The Morgan fingerprint density at radius 2 is 2.45 bits per heavy atom. The van der Waals surface area contributed by atoms with Gasteiger partial charge in [0, 0.05) is 11.9 Å². The molecule has 0 spiro atoms. The summed E-state index contributed by atoms with van der Waals surface area (Å²) in [4.78, 5) is 6.83. The van der Waals surface area contributed by atoms with Crippen LogP contribution in [0, 0.1) is 12.0 Å². The first-order valence-corrected chi connectivity index (χ1v) is 2.91. The summed E-state index contributed by atoms with van der Waals surface area (Å²) in [5, 5.41) is 6.89. The second-order valence-corrected chi connectivity index (χ2v) is 1.93. The number of aromatic nitrogens is 1. The van der Waals surface area contributed by atoms with Crippen molar-refractivity contribution < 1.29 is 0 Å². The molecule has 0 amide bonds. The van der Waals surface area contributed by atoms with Crippen LogP contribution in [0.3, 0.4) is 0 Å². The molecule has 0 saturated heterocycles. The maximum Gasteiger partial charge on any atom is 0.271 e. The minimum atomic E-state index is 0.258. The molecule has 0 radical (unpaired) electrons. The quantitative estimate of drug-likeness (QED) is 0.462. The van der Waals surface area contributed by atoms with E-state index in [1.807, 2.05) is 0 Å². The smallest absolute Gasteiger partial charge is 0.271 e. The van der Waals surface area contributed by atoms with Crippen LogP contribution in [0.15, 0.2) is 12.3 Å². The highest BCUT2D eigenvalue weighted by atomic mass is 14.9. The number of nitrogens with two attached hydrogens (primary N) is 1. The van der Waals surface area contributed by atoms with Gasteiger partial charge in [-0.3, -0.25) is 0 Å². The number of hydrogen-bond acceptors (Lipinski definition) is 3. The van der Waals surface area contributed by atoms with Gasteiger partial charge in [-0.2, -0.15) is 0 Å². The van der Waals surface area contributed by atoms with Gasteiger partial charge in [0.1, 0.15) is 6.20 Å². The van der Waals surface area contributed by atoms with Gasteiger partial charge in [-0.05, 0) is 6.07 Å². The second-order valence-electron chi connectivity index (χ2n) is 1.93. The van der Waals surface area contributed by atoms with Crippen molar-refractivity contribution in [3.05, 3.63) is 29.2 Å². The zero-order valence-corrected chi connectivity index (χ0v) is 5.70. The summed E-state index contributed by atoms with van der Waals surface area (Å²) in [5.74, 6) is 0.258. The Bertz CT molecular complexity index is 324. The van der Waals surface area contributed by atoms with Crippen molar-refractivity contribution in [2.75, 3.05) is 5.73 Å². The normalized spacial score (nSPS) is 8.64. The van der Waals surface area contributed by atoms with E-state index in [9.17, 15) is 0 Å². The average molecular weight is 146 g/mol. The van der Waals surface area contributed by atoms with Crippen LogP contribution in [0.1, 0.15) is 5.56 Å². The zero-order valence-electron chi connectivity index (χ0n) is 5.70. The predicted octanol–water partition coefficient (Wildman–Crippen LogP) is 1.21. The lowest BCUT2D eigenvalue weighted by Gasteiger charge is -1.95. The van der Waals surface area contributed by atoms with Crippen LogP contribution in [-0.2, 0) is 0 Å². The summed E-state index contributed by atoms with van der Waals surface area (Å²) >= 11 is 0. The Morgan fingerprint density at radius 1 is 1.73 bits per heavy atom. The molecule has 0 atom stereocenters. The van der Waals surface area contributed by atoms with Crippen LogP contribution in [0.25, 0.3) is 4.85 Å². The Morgan fingerprint density at radius 3 is 2.91 bits per heavy atom. The summed E-state index contributed by atoms with van der Waals surface area (Å²) < 4.78 is 0. The molecule has 0 aliphatic carbocycles. The molecule has 54 valence electrons. The van der Waals surface area contributed by atoms with E-state index < -0.39 is 0 Å². The number of hydrogen-bond donors (Lipinski definition) is 2. The molecule has 0 aliphatic heterocycles. The number of pyridine rings is 1. The van der Waals surface area contributed by atoms with E-state index in [0.29, 0.717) is 11.3 Å². The van der Waals surface area contributed by atoms with Gasteiger partial charge in [-0.1, -0.05) is 6.57 Å². The molecule has 0 saturated carbocycles. The highest BCUT2D eigenvalue weighted by molar-refractivity contribution is 5.85. The van der Waals surface area contributed by atoms with Gasteiger partial charge in [0.25, 0.3) is 5.82 Å². The number of nitrogen functional groups attached to an aromatic ring is 1. The first-order chi connectivity index (χ1) is 5.27. The molecule has 0 fully saturated rings. The second kappa shape index (κ2) is 2.80. The fourth-order valence-electron chi connectivity index (χ4n) is 0.652. The Balaban J connectivity index is 3.22. The number of anilines is 1. The standard InChI is InChI=1S/C7H6N4/c1-10-7-2-6(9)5(3-8)4-11-7/h2-4,8H,(H2,9,11). The summed E-state index contributed by atoms with van der Waals surface area (Å²) in [6.45, 7) is 6.62. The molecule has 3 N–H and O–H groups in total. The fourth-order valence-corrected chi connectivity index (χ4v) is 0.652. The predicted molar refractivity (Wildman–Crippen MR) is 42.8 cm³/mol. The molecule has 1 rings (SSSR count). The van der Waals surface area contributed by atoms with E-state index in [1.165, 1.54) is 12.3 Å². The van der Waals surface area contributed by atoms with Crippen LogP contribution < -0.4 is 5.73 Å². The molecule has 1 aromatic rings. The van der Waals surface area contributed by atoms with E-state index in [4.69, 9.17) is 17.7 Å². The van der Waals surface area contributed by atoms with E-state index in [-0.39, 0.29) is 5.82 Å². The Labute approximate surface area is 64.0 Å². The minimum Gasteiger partial charge on any atom is -0.399 e. The molecular weight excluding hydrogens is 140 g/mol. The van der Waals surface area contributed by atoms with Crippen molar-refractivity contribution in [1.82, 2.24) is 4.98 Å². The summed E-state index contributed by atoms with van der Waals surface area (Å²) in [5.41, 5.74) is 6.43. The number of nitrogens with one attached hydrogen (secondary N) is 1. The first-order valence-electron chi connectivity index (χ1n) is 2.91. The average Bonchev–Trinajstić information content (AvgIpc) is 2.04. The summed E-state index contributed by atoms with van der Waals surface area (Å²) in [7, 11) is 0. The van der Waals surface area contributed by atoms with E-state index in [1.54, 1.807) is 0 Å². The van der Waals surface area contributed by atoms with Gasteiger partial charge in [-0.15, -0.1) is 4.98 Å². The molecular formula is C7H6N4. The van der Waals surface area contributed by atoms with Crippen molar-refractivity contribution in [2.24, 2.45) is 0 Å². The van der Waals surface area contributed by atoms with E-state index in [0.717, 1.165) is 6.21 Å². The number of rotatable bonds is 1. The lowest BCUT2D eigenvalue weighted by Crippen LogP contribution is -1.92. The van der Waals surface area contributed by atoms with Crippen LogP contribution in [0.2, 0.25) is 0 Å². The third-order valence-corrected chi connectivity index (χ3v) is 1.22. The fraction of sp³-hybridized carbons (Fsp3) is 0. The monoisotopic (exact) mass is 146 g/mol. The van der Waals surface area contributed by atoms with Crippen LogP contribution in [0.4, 0.5) is 11.5 Å². The van der Waals surface area contributed by atoms with Crippen molar-refractivity contribution in [1.29, 1.82) is 5.41 Å². The summed E-state index contributed by atoms with van der Waals surface area (Å²) in [6, 6.07) is 1.45. The van der Waals surface area contributed by atoms with Gasteiger partial charge in [0.15, 0.2) is 0 Å². The van der Waals surface area contributed by atoms with Crippen molar-refractivity contribution in [3.63, 3.8) is 0 Å². The van der Waals surface area contributed by atoms with Crippen LogP contribution >= 0.6 is 0 Å². The van der Waals surface area contributed by atoms with Crippen LogP contribution in [0.5, 0.6) is 0 Å². The van der Waals surface area contributed by atoms with E-state index >= 15 is 0 Å². The first kappa shape index (κ1) is 7.22. The third kappa shape index (κ3) is 1.33. The van der Waals surface area contributed by atoms with Crippen LogP contribution in [-0.4, -0.2) is 11.2 Å². The lowest BCUT2D eigenvalue weighted by atomic mass is 10.2. The lowest BCUT2D eigenvalue weighted by molar-refractivity contribution is 1.34. The zero-order chi connectivity index (χ0) is 8.27. The van der Waals surface area contributed by atoms with Gasteiger partial charge >= 0.3 is 0 Å². The summed E-state index contributed by atoms with van der Waals surface area (Å²) in [6.07, 6.45) is 2.52. The van der Waals surface area contributed by atoms with Crippen molar-refractivity contribution in [3.8, 4) is 0 Å². The van der Waals surface area contributed by atoms with Crippen molar-refractivity contribution >= 4 is 17.7 Å². The molecule has 0 unspecified atom stereocenters. The van der Waals surface area contributed by atoms with Gasteiger partial charge in [-0.25, -0.2) is 0 Å². The minimum absolute atomic E-state index is 0.258. The maximum atomic E-state index is 6.89. The SMILES string of the molecule is [C-]#[N+]c1cc(N)c(C=N)cn1. The molecule has 0 aliphatic rings. The molecule has 1 heterocycles. The topological polar surface area (TPSA) is 67.1 Å². The number of nitrogens with zero attached hydrogens (tertiary/aromatic N) is 2. The highest BCUT2D eigenvalue weighted by Gasteiger charge is 1.99. The Hall–Kier alpha value is -1.89. The molecule has 0 bridgehead atoms. The molecule has 11 heavy (non-hydrogen) atoms. The highest BCUT2D eigenvalue weighted by Crippen LogP contribution is 2.14. The van der Waals surface area contributed by atoms with Gasteiger partial charge < -0.3 is 16.0 Å². The van der Waals surface area contributed by atoms with E-state index in [2.05, 4.69) is 9.83 Å². The van der Waals surface area contributed by atoms with Gasteiger partial charge in [0.2, 0.25) is 0 Å². The molecule has 0 aromatic carbocycles. The Kier molecular flexibility index (Phi) is 1.83. The molecule has 4 heteroatoms. The maximum absolute atomic E-state index is 6.89. The molecule has 4 nitrogen and oxygen atoms in total. The largest absolute Gasteiger partial charge is 0.399 e. The third-order valence-electron chi connectivity index (χ3n) is 1.22.